The third-order valence-corrected chi connectivity index (χ3v) is 5.87. The maximum atomic E-state index is 12.9. The van der Waals surface area contributed by atoms with Crippen LogP contribution < -0.4 is 14.8 Å². The number of nitrogens with zero attached hydrogens (tertiary/aromatic N) is 3. The van der Waals surface area contributed by atoms with Gasteiger partial charge in [-0.3, -0.25) is 4.79 Å². The number of carbonyl (C=O) groups is 1. The molecule has 0 spiro atoms. The zero-order chi connectivity index (χ0) is 22.3. The average Bonchev–Trinajstić information content (AvgIpc) is 3.20. The van der Waals surface area contributed by atoms with Crippen molar-refractivity contribution in [3.63, 3.8) is 0 Å². The van der Waals surface area contributed by atoms with Gasteiger partial charge >= 0.3 is 0 Å². The Kier molecular flexibility index (Phi) is 7.24. The molecule has 1 N–H and O–H groups in total. The van der Waals surface area contributed by atoms with Gasteiger partial charge in [-0.2, -0.15) is 5.10 Å². The van der Waals surface area contributed by atoms with Crippen LogP contribution in [0.5, 0.6) is 11.5 Å². The van der Waals surface area contributed by atoms with Crippen LogP contribution in [0.4, 0.5) is 0 Å². The summed E-state index contributed by atoms with van der Waals surface area (Å²) in [5.41, 5.74) is 4.70. The van der Waals surface area contributed by atoms with E-state index in [0.29, 0.717) is 37.4 Å². The first-order chi connectivity index (χ1) is 15.7. The first kappa shape index (κ1) is 22.1. The summed E-state index contributed by atoms with van der Waals surface area (Å²) in [6.45, 7) is 5.58. The van der Waals surface area contributed by atoms with E-state index in [-0.39, 0.29) is 5.91 Å². The minimum atomic E-state index is -0.144. The monoisotopic (exact) mass is 436 g/mol. The highest BCUT2D eigenvalue weighted by Gasteiger charge is 2.18. The number of hydrogen-bond acceptors (Lipinski definition) is 5. The van der Waals surface area contributed by atoms with E-state index in [9.17, 15) is 4.79 Å². The van der Waals surface area contributed by atoms with Crippen molar-refractivity contribution < 1.29 is 14.3 Å². The normalized spacial score (nSPS) is 13.8. The second-order valence-corrected chi connectivity index (χ2v) is 8.09. The van der Waals surface area contributed by atoms with E-state index in [2.05, 4.69) is 15.4 Å². The van der Waals surface area contributed by atoms with Gasteiger partial charge in [0.05, 0.1) is 19.4 Å². The van der Waals surface area contributed by atoms with Crippen molar-refractivity contribution in [3.8, 4) is 11.5 Å². The van der Waals surface area contributed by atoms with Gasteiger partial charge in [-0.25, -0.2) is 9.50 Å². The molecule has 0 bridgehead atoms. The lowest BCUT2D eigenvalue weighted by molar-refractivity contribution is 0.0955. The van der Waals surface area contributed by atoms with Crippen LogP contribution in [0, 0.1) is 0 Å². The molecule has 1 amide bonds. The molecule has 7 nitrogen and oxygen atoms in total. The molecule has 2 heterocycles. The summed E-state index contributed by atoms with van der Waals surface area (Å²) in [6, 6.07) is 5.92. The van der Waals surface area contributed by atoms with Crippen molar-refractivity contribution in [1.29, 1.82) is 0 Å². The van der Waals surface area contributed by atoms with Crippen LogP contribution in [0.2, 0.25) is 0 Å². The maximum Gasteiger partial charge on any atom is 0.256 e. The number of benzene rings is 1. The van der Waals surface area contributed by atoms with Crippen LogP contribution in [-0.2, 0) is 19.3 Å². The summed E-state index contributed by atoms with van der Waals surface area (Å²) in [7, 11) is 0. The Morgan fingerprint density at radius 2 is 1.81 bits per heavy atom. The molecule has 170 valence electrons. The van der Waals surface area contributed by atoms with E-state index in [1.165, 1.54) is 30.5 Å². The molecule has 1 aromatic carbocycles. The predicted octanol–water partition coefficient (Wildman–Crippen LogP) is 4.16. The van der Waals surface area contributed by atoms with Gasteiger partial charge < -0.3 is 14.8 Å². The number of aromatic nitrogens is 3. The molecule has 0 atom stereocenters. The zero-order valence-electron chi connectivity index (χ0n) is 19.0. The standard InChI is InChI=1S/C25H32N4O3/c1-3-31-22-12-11-18(15-23(22)32-4-2)13-14-26-25(30)20-17-28-29-21-10-8-6-5-7-9-19(21)16-27-24(20)29/h11-12,15-17H,3-10,13-14H2,1-2H3,(H,26,30). The molecule has 0 saturated heterocycles. The summed E-state index contributed by atoms with van der Waals surface area (Å²) in [6.07, 6.45) is 11.1. The van der Waals surface area contributed by atoms with Gasteiger partial charge in [0.15, 0.2) is 17.1 Å². The average molecular weight is 437 g/mol. The summed E-state index contributed by atoms with van der Waals surface area (Å²) in [4.78, 5) is 17.4. The zero-order valence-corrected chi connectivity index (χ0v) is 19.0. The highest BCUT2D eigenvalue weighted by Crippen LogP contribution is 2.28. The fourth-order valence-electron chi connectivity index (χ4n) is 4.28. The maximum absolute atomic E-state index is 12.9. The van der Waals surface area contributed by atoms with E-state index in [1.54, 1.807) is 6.20 Å². The summed E-state index contributed by atoms with van der Waals surface area (Å²) < 4.78 is 13.2. The van der Waals surface area contributed by atoms with Gasteiger partial charge in [-0.1, -0.05) is 18.9 Å². The molecule has 0 aliphatic heterocycles. The van der Waals surface area contributed by atoms with E-state index >= 15 is 0 Å². The largest absolute Gasteiger partial charge is 0.490 e. The molecule has 0 fully saturated rings. The number of nitrogens with one attached hydrogen (secondary N) is 1. The molecular weight excluding hydrogens is 404 g/mol. The molecule has 4 rings (SSSR count). The second kappa shape index (κ2) is 10.5. The Bertz CT molecular complexity index is 1080. The number of fused-ring (bicyclic) bond motifs is 3. The third-order valence-electron chi connectivity index (χ3n) is 5.87. The van der Waals surface area contributed by atoms with Gasteiger partial charge in [0, 0.05) is 18.4 Å². The topological polar surface area (TPSA) is 77.8 Å². The number of hydrogen-bond donors (Lipinski definition) is 1. The summed E-state index contributed by atoms with van der Waals surface area (Å²) in [5.74, 6) is 1.34. The van der Waals surface area contributed by atoms with Gasteiger partial charge in [0.1, 0.15) is 5.56 Å². The van der Waals surface area contributed by atoms with Crippen molar-refractivity contribution in [2.75, 3.05) is 19.8 Å². The van der Waals surface area contributed by atoms with Crippen LogP contribution in [0.3, 0.4) is 0 Å². The Morgan fingerprint density at radius 3 is 2.62 bits per heavy atom. The third kappa shape index (κ3) is 4.87. The molecule has 1 aliphatic carbocycles. The predicted molar refractivity (Wildman–Crippen MR) is 124 cm³/mol. The van der Waals surface area contributed by atoms with Crippen LogP contribution in [0.25, 0.3) is 5.65 Å². The SMILES string of the molecule is CCOc1ccc(CCNC(=O)c2cnn3c4c(cnc23)CCCCCC4)cc1OCC. The molecule has 0 saturated carbocycles. The van der Waals surface area contributed by atoms with Crippen LogP contribution in [0.15, 0.2) is 30.6 Å². The number of rotatable bonds is 8. The molecule has 3 aromatic rings. The lowest BCUT2D eigenvalue weighted by Gasteiger charge is -2.14. The quantitative estimate of drug-likeness (QED) is 0.574. The smallest absolute Gasteiger partial charge is 0.256 e. The van der Waals surface area contributed by atoms with E-state index in [0.717, 1.165) is 36.3 Å². The molecule has 32 heavy (non-hydrogen) atoms. The van der Waals surface area contributed by atoms with Crippen molar-refractivity contribution in [3.05, 3.63) is 53.0 Å². The second-order valence-electron chi connectivity index (χ2n) is 8.09. The van der Waals surface area contributed by atoms with Crippen LogP contribution >= 0.6 is 0 Å². The fourth-order valence-corrected chi connectivity index (χ4v) is 4.28. The van der Waals surface area contributed by atoms with Gasteiger partial charge in [0.25, 0.3) is 5.91 Å². The molecule has 7 heteroatoms. The molecule has 0 radical (unpaired) electrons. The highest BCUT2D eigenvalue weighted by molar-refractivity contribution is 5.99. The van der Waals surface area contributed by atoms with Gasteiger partial charge in [-0.05, 0) is 69.2 Å². The molecular formula is C25H32N4O3. The minimum Gasteiger partial charge on any atom is -0.490 e. The Morgan fingerprint density at radius 1 is 1.03 bits per heavy atom. The molecule has 0 unspecified atom stereocenters. The Hall–Kier alpha value is -3.09. The number of amides is 1. The van der Waals surface area contributed by atoms with Gasteiger partial charge in [0.2, 0.25) is 0 Å². The van der Waals surface area contributed by atoms with E-state index in [4.69, 9.17) is 9.47 Å². The van der Waals surface area contributed by atoms with Gasteiger partial charge in [-0.15, -0.1) is 0 Å². The number of aryl methyl sites for hydroxylation is 2. The summed E-state index contributed by atoms with van der Waals surface area (Å²) in [5, 5.41) is 7.53. The Labute approximate surface area is 189 Å². The lowest BCUT2D eigenvalue weighted by atomic mass is 9.98. The van der Waals surface area contributed by atoms with E-state index in [1.807, 2.05) is 42.8 Å². The first-order valence-electron chi connectivity index (χ1n) is 11.7. The van der Waals surface area contributed by atoms with E-state index < -0.39 is 0 Å². The molecule has 2 aromatic heterocycles. The van der Waals surface area contributed by atoms with Crippen molar-refractivity contribution >= 4 is 11.6 Å². The van der Waals surface area contributed by atoms with Crippen LogP contribution in [0.1, 0.15) is 66.7 Å². The number of carbonyl (C=O) groups excluding carboxylic acids is 1. The first-order valence-corrected chi connectivity index (χ1v) is 11.7. The van der Waals surface area contributed by atoms with Crippen LogP contribution in [-0.4, -0.2) is 40.3 Å². The lowest BCUT2D eigenvalue weighted by Crippen LogP contribution is -2.25. The Balaban J connectivity index is 1.43. The van der Waals surface area contributed by atoms with Crippen molar-refractivity contribution in [2.45, 2.75) is 58.8 Å². The van der Waals surface area contributed by atoms with Crippen molar-refractivity contribution in [2.24, 2.45) is 0 Å². The minimum absolute atomic E-state index is 0.144. The highest BCUT2D eigenvalue weighted by atomic mass is 16.5. The number of ether oxygens (including phenoxy) is 2. The van der Waals surface area contributed by atoms with Crippen molar-refractivity contribution in [1.82, 2.24) is 19.9 Å². The summed E-state index contributed by atoms with van der Waals surface area (Å²) >= 11 is 0. The fraction of sp³-hybridized carbons (Fsp3) is 0.480. The molecule has 1 aliphatic rings.